The Morgan fingerprint density at radius 3 is 2.21 bits per heavy atom. The zero-order valence-electron chi connectivity index (χ0n) is 20.8. The van der Waals surface area contributed by atoms with E-state index in [0.717, 1.165) is 0 Å². The molecular weight excluding hydrogens is 424 g/mol. The van der Waals surface area contributed by atoms with Crippen molar-refractivity contribution < 1.29 is 23.9 Å². The summed E-state index contributed by atoms with van der Waals surface area (Å²) in [5.74, 6) is 0.670. The van der Waals surface area contributed by atoms with Crippen LogP contribution in [0.4, 0.5) is 15.4 Å². The Morgan fingerprint density at radius 2 is 1.61 bits per heavy atom. The second-order valence-electron chi connectivity index (χ2n) is 10.1. The van der Waals surface area contributed by atoms with Gasteiger partial charge in [-0.15, -0.1) is 0 Å². The molecule has 0 aliphatic carbocycles. The normalized spacial score (nSPS) is 14.6. The number of nitrogens with one attached hydrogen (secondary N) is 1. The quantitative estimate of drug-likeness (QED) is 0.482. The minimum Gasteiger partial charge on any atom is -0.444 e. The fourth-order valence-electron chi connectivity index (χ4n) is 3.34. The molecule has 1 saturated heterocycles. The van der Waals surface area contributed by atoms with Crippen molar-refractivity contribution in [3.63, 3.8) is 0 Å². The average molecular weight is 463 g/mol. The first-order chi connectivity index (χ1) is 15.4. The van der Waals surface area contributed by atoms with Crippen molar-refractivity contribution in [1.29, 1.82) is 0 Å². The number of aromatic nitrogens is 1. The zero-order chi connectivity index (χ0) is 24.6. The number of pyridine rings is 1. The Kier molecular flexibility index (Phi) is 9.07. The maximum absolute atomic E-state index is 12.9. The van der Waals surface area contributed by atoms with E-state index >= 15 is 0 Å². The highest BCUT2D eigenvalue weighted by Crippen LogP contribution is 2.22. The number of alkyl carbamates (subject to hydrolysis) is 1. The first-order valence-electron chi connectivity index (χ1n) is 11.5. The van der Waals surface area contributed by atoms with E-state index in [4.69, 9.17) is 9.47 Å². The highest BCUT2D eigenvalue weighted by Gasteiger charge is 2.28. The SMILES string of the molecule is CC(C)(C)OC(=O)NCCCCC(=O)c1cccnc1N1CCN(C(=O)OC(C)(C)C)CC1. The van der Waals surface area contributed by atoms with Crippen LogP contribution in [0.1, 0.15) is 71.2 Å². The van der Waals surface area contributed by atoms with Gasteiger partial charge < -0.3 is 24.6 Å². The van der Waals surface area contributed by atoms with Gasteiger partial charge >= 0.3 is 12.2 Å². The number of carbonyl (C=O) groups excluding carboxylic acids is 3. The topological polar surface area (TPSA) is 101 Å². The average Bonchev–Trinajstić information content (AvgIpc) is 2.71. The summed E-state index contributed by atoms with van der Waals surface area (Å²) < 4.78 is 10.6. The van der Waals surface area contributed by atoms with Gasteiger partial charge in [-0.1, -0.05) is 0 Å². The number of ketones is 1. The first-order valence-corrected chi connectivity index (χ1v) is 11.5. The molecule has 0 unspecified atom stereocenters. The largest absolute Gasteiger partial charge is 0.444 e. The molecule has 1 aromatic rings. The van der Waals surface area contributed by atoms with E-state index in [1.807, 2.05) is 46.4 Å². The van der Waals surface area contributed by atoms with Crippen LogP contribution >= 0.6 is 0 Å². The third-order valence-electron chi connectivity index (χ3n) is 4.82. The summed E-state index contributed by atoms with van der Waals surface area (Å²) in [6.07, 6.45) is 2.60. The summed E-state index contributed by atoms with van der Waals surface area (Å²) >= 11 is 0. The lowest BCUT2D eigenvalue weighted by Gasteiger charge is -2.36. The third kappa shape index (κ3) is 9.27. The molecule has 0 spiro atoms. The number of nitrogens with zero attached hydrogens (tertiary/aromatic N) is 3. The second kappa shape index (κ2) is 11.3. The molecule has 9 nitrogen and oxygen atoms in total. The van der Waals surface area contributed by atoms with Gasteiger partial charge in [0.15, 0.2) is 5.78 Å². The molecule has 184 valence electrons. The van der Waals surface area contributed by atoms with Crippen LogP contribution in [0, 0.1) is 0 Å². The molecule has 1 N–H and O–H groups in total. The molecule has 0 saturated carbocycles. The molecule has 0 atom stereocenters. The van der Waals surface area contributed by atoms with Gasteiger partial charge in [0.05, 0.1) is 5.56 Å². The number of amides is 2. The Hall–Kier alpha value is -2.84. The van der Waals surface area contributed by atoms with Crippen LogP contribution in [-0.2, 0) is 9.47 Å². The van der Waals surface area contributed by atoms with Gasteiger partial charge in [-0.2, -0.15) is 0 Å². The number of carbonyl (C=O) groups is 3. The molecule has 0 bridgehead atoms. The highest BCUT2D eigenvalue weighted by molar-refractivity contribution is 6.00. The molecule has 33 heavy (non-hydrogen) atoms. The van der Waals surface area contributed by atoms with Crippen molar-refractivity contribution in [2.75, 3.05) is 37.6 Å². The highest BCUT2D eigenvalue weighted by atomic mass is 16.6. The smallest absolute Gasteiger partial charge is 0.410 e. The van der Waals surface area contributed by atoms with Crippen LogP contribution in [-0.4, -0.2) is 71.8 Å². The van der Waals surface area contributed by atoms with Gasteiger partial charge in [0.25, 0.3) is 0 Å². The van der Waals surface area contributed by atoms with Crippen LogP contribution in [0.5, 0.6) is 0 Å². The third-order valence-corrected chi connectivity index (χ3v) is 4.82. The lowest BCUT2D eigenvalue weighted by atomic mass is 10.1. The molecule has 0 radical (unpaired) electrons. The van der Waals surface area contributed by atoms with Crippen molar-refractivity contribution in [2.24, 2.45) is 0 Å². The van der Waals surface area contributed by atoms with Crippen molar-refractivity contribution in [3.8, 4) is 0 Å². The molecule has 9 heteroatoms. The Labute approximate surface area is 196 Å². The van der Waals surface area contributed by atoms with Crippen molar-refractivity contribution in [1.82, 2.24) is 15.2 Å². The lowest BCUT2D eigenvalue weighted by Crippen LogP contribution is -2.50. The molecule has 2 rings (SSSR count). The standard InChI is InChI=1S/C24H38N4O5/c1-23(2,3)32-21(30)26-12-8-7-11-19(29)18-10-9-13-25-20(18)27-14-16-28(17-15-27)22(31)33-24(4,5)6/h9-10,13H,7-8,11-12,14-17H2,1-6H3,(H,26,30). The second-order valence-corrected chi connectivity index (χ2v) is 10.1. The van der Waals surface area contributed by atoms with Crippen LogP contribution in [0.25, 0.3) is 0 Å². The zero-order valence-corrected chi connectivity index (χ0v) is 20.8. The van der Waals surface area contributed by atoms with E-state index in [2.05, 4.69) is 10.3 Å². The van der Waals surface area contributed by atoms with Gasteiger partial charge in [0.1, 0.15) is 17.0 Å². The molecule has 1 fully saturated rings. The maximum Gasteiger partial charge on any atom is 0.410 e. The van der Waals surface area contributed by atoms with E-state index < -0.39 is 17.3 Å². The van der Waals surface area contributed by atoms with E-state index in [1.165, 1.54) is 0 Å². The summed E-state index contributed by atoms with van der Waals surface area (Å²) in [5, 5.41) is 2.71. The van der Waals surface area contributed by atoms with E-state index in [1.54, 1.807) is 23.2 Å². The first kappa shape index (κ1) is 26.4. The molecule has 1 aliphatic rings. The molecule has 1 aliphatic heterocycles. The molecule has 2 amide bonds. The number of rotatable bonds is 7. The van der Waals surface area contributed by atoms with Crippen LogP contribution in [0.15, 0.2) is 18.3 Å². The summed E-state index contributed by atoms with van der Waals surface area (Å²) in [5.41, 5.74) is -0.477. The number of Topliss-reactive ketones (excluding diaryl/α,β-unsaturated/α-hetero) is 1. The number of unbranched alkanes of at least 4 members (excludes halogenated alkanes) is 1. The van der Waals surface area contributed by atoms with Crippen LogP contribution < -0.4 is 10.2 Å². The minimum absolute atomic E-state index is 0.0185. The lowest BCUT2D eigenvalue weighted by molar-refractivity contribution is 0.0239. The Morgan fingerprint density at radius 1 is 0.970 bits per heavy atom. The number of anilines is 1. The van der Waals surface area contributed by atoms with Crippen LogP contribution in [0.3, 0.4) is 0 Å². The monoisotopic (exact) mass is 462 g/mol. The van der Waals surface area contributed by atoms with Gasteiger partial charge in [-0.25, -0.2) is 14.6 Å². The summed E-state index contributed by atoms with van der Waals surface area (Å²) in [6, 6.07) is 3.56. The fourth-order valence-corrected chi connectivity index (χ4v) is 3.34. The van der Waals surface area contributed by atoms with Gasteiger partial charge in [0, 0.05) is 45.3 Å². The van der Waals surface area contributed by atoms with Gasteiger partial charge in [-0.05, 0) is 66.5 Å². The summed E-state index contributed by atoms with van der Waals surface area (Å²) in [7, 11) is 0. The van der Waals surface area contributed by atoms with Crippen molar-refractivity contribution in [3.05, 3.63) is 23.9 Å². The summed E-state index contributed by atoms with van der Waals surface area (Å²) in [6.45, 7) is 13.6. The number of hydrogen-bond donors (Lipinski definition) is 1. The molecular formula is C24H38N4O5. The fraction of sp³-hybridized carbons (Fsp3) is 0.667. The number of ether oxygens (including phenoxy) is 2. The Balaban J connectivity index is 1.83. The number of piperazine rings is 1. The maximum atomic E-state index is 12.9. The van der Waals surface area contributed by atoms with E-state index in [9.17, 15) is 14.4 Å². The van der Waals surface area contributed by atoms with E-state index in [-0.39, 0.29) is 11.9 Å². The van der Waals surface area contributed by atoms with Crippen molar-refractivity contribution >= 4 is 23.8 Å². The summed E-state index contributed by atoms with van der Waals surface area (Å²) in [4.78, 5) is 45.0. The van der Waals surface area contributed by atoms with Gasteiger partial charge in [-0.3, -0.25) is 4.79 Å². The van der Waals surface area contributed by atoms with E-state index in [0.29, 0.717) is 63.4 Å². The van der Waals surface area contributed by atoms with Crippen molar-refractivity contribution in [2.45, 2.75) is 72.0 Å². The Bertz CT molecular complexity index is 821. The molecule has 2 heterocycles. The van der Waals surface area contributed by atoms with Gasteiger partial charge in [0.2, 0.25) is 0 Å². The van der Waals surface area contributed by atoms with Crippen LogP contribution in [0.2, 0.25) is 0 Å². The molecule has 0 aromatic carbocycles. The minimum atomic E-state index is -0.533. The predicted octanol–water partition coefficient (Wildman–Crippen LogP) is 4.02. The predicted molar refractivity (Wildman–Crippen MR) is 127 cm³/mol. The number of hydrogen-bond acceptors (Lipinski definition) is 7. The molecule has 1 aromatic heterocycles.